The van der Waals surface area contributed by atoms with E-state index in [4.69, 9.17) is 9.47 Å². The fourth-order valence-electron chi connectivity index (χ4n) is 2.64. The normalized spacial score (nSPS) is 21.2. The Hall–Kier alpha value is -0.0800. The molecule has 0 saturated heterocycles. The van der Waals surface area contributed by atoms with E-state index in [2.05, 4.69) is 6.92 Å². The van der Waals surface area contributed by atoms with E-state index < -0.39 is 0 Å². The molecule has 0 radical (unpaired) electrons. The molecule has 0 N–H and O–H groups in total. The van der Waals surface area contributed by atoms with Crippen LogP contribution in [0.2, 0.25) is 0 Å². The summed E-state index contributed by atoms with van der Waals surface area (Å²) in [5.41, 5.74) is 0. The Morgan fingerprint density at radius 3 is 1.78 bits per heavy atom. The van der Waals surface area contributed by atoms with Crippen molar-refractivity contribution in [3.05, 3.63) is 0 Å². The summed E-state index contributed by atoms with van der Waals surface area (Å²) < 4.78 is 11.3. The van der Waals surface area contributed by atoms with E-state index in [-0.39, 0.29) is 0 Å². The SMILES string of the molecule is CCCOCOC1CCCCCCCCCCC1. The molecule has 1 rings (SSSR count). The monoisotopic (exact) mass is 256 g/mol. The van der Waals surface area contributed by atoms with Crippen LogP contribution in [0, 0.1) is 0 Å². The molecule has 18 heavy (non-hydrogen) atoms. The molecule has 2 nitrogen and oxygen atoms in total. The van der Waals surface area contributed by atoms with Gasteiger partial charge in [0, 0.05) is 6.61 Å². The standard InChI is InChI=1S/C16H32O2/c1-2-14-17-15-18-16-12-10-8-6-4-3-5-7-9-11-13-16/h16H,2-15H2,1H3. The topological polar surface area (TPSA) is 18.5 Å². The van der Waals surface area contributed by atoms with Gasteiger partial charge in [0.15, 0.2) is 0 Å². The minimum Gasteiger partial charge on any atom is -0.355 e. The van der Waals surface area contributed by atoms with Gasteiger partial charge in [-0.25, -0.2) is 0 Å². The molecule has 108 valence electrons. The smallest absolute Gasteiger partial charge is 0.147 e. The van der Waals surface area contributed by atoms with Gasteiger partial charge in [0.05, 0.1) is 6.10 Å². The maximum atomic E-state index is 5.87. The van der Waals surface area contributed by atoms with Gasteiger partial charge in [-0.1, -0.05) is 64.7 Å². The molecule has 0 bridgehead atoms. The zero-order valence-corrected chi connectivity index (χ0v) is 12.3. The first kappa shape index (κ1) is 16.0. The van der Waals surface area contributed by atoms with Crippen LogP contribution in [-0.2, 0) is 9.47 Å². The van der Waals surface area contributed by atoms with Gasteiger partial charge in [-0.3, -0.25) is 0 Å². The van der Waals surface area contributed by atoms with Crippen LogP contribution < -0.4 is 0 Å². The average Bonchev–Trinajstić information content (AvgIpc) is 2.37. The predicted molar refractivity (Wildman–Crippen MR) is 76.8 cm³/mol. The molecular formula is C16H32O2. The van der Waals surface area contributed by atoms with Gasteiger partial charge in [-0.15, -0.1) is 0 Å². The van der Waals surface area contributed by atoms with Gasteiger partial charge < -0.3 is 9.47 Å². The summed E-state index contributed by atoms with van der Waals surface area (Å²) >= 11 is 0. The van der Waals surface area contributed by atoms with Crippen LogP contribution in [0.15, 0.2) is 0 Å². The molecule has 0 heterocycles. The van der Waals surface area contributed by atoms with Crippen LogP contribution in [-0.4, -0.2) is 19.5 Å². The van der Waals surface area contributed by atoms with Crippen LogP contribution in [0.4, 0.5) is 0 Å². The lowest BCUT2D eigenvalue weighted by Crippen LogP contribution is -2.16. The summed E-state index contributed by atoms with van der Waals surface area (Å²) in [5.74, 6) is 0. The van der Waals surface area contributed by atoms with Crippen molar-refractivity contribution in [2.75, 3.05) is 13.4 Å². The number of hydrogen-bond donors (Lipinski definition) is 0. The van der Waals surface area contributed by atoms with Crippen LogP contribution in [0.3, 0.4) is 0 Å². The summed E-state index contributed by atoms with van der Waals surface area (Å²) in [6, 6.07) is 0. The number of rotatable bonds is 5. The number of hydrogen-bond acceptors (Lipinski definition) is 2. The lowest BCUT2D eigenvalue weighted by atomic mass is 9.99. The van der Waals surface area contributed by atoms with Crippen molar-refractivity contribution in [1.82, 2.24) is 0 Å². The fourth-order valence-corrected chi connectivity index (χ4v) is 2.64. The van der Waals surface area contributed by atoms with Gasteiger partial charge in [0.2, 0.25) is 0 Å². The summed E-state index contributed by atoms with van der Waals surface area (Å²) in [4.78, 5) is 0. The highest BCUT2D eigenvalue weighted by molar-refractivity contribution is 4.60. The lowest BCUT2D eigenvalue weighted by molar-refractivity contribution is -0.0944. The third-order valence-corrected chi connectivity index (χ3v) is 3.79. The Kier molecular flexibility index (Phi) is 10.6. The first-order valence-electron chi connectivity index (χ1n) is 8.13. The quantitative estimate of drug-likeness (QED) is 0.505. The fraction of sp³-hybridized carbons (Fsp3) is 1.00. The second kappa shape index (κ2) is 12.0. The molecule has 0 atom stereocenters. The molecule has 0 amide bonds. The Balaban J connectivity index is 2.14. The first-order valence-corrected chi connectivity index (χ1v) is 8.13. The summed E-state index contributed by atoms with van der Waals surface area (Å²) in [6.07, 6.45) is 16.6. The van der Waals surface area contributed by atoms with Crippen molar-refractivity contribution in [3.8, 4) is 0 Å². The van der Waals surface area contributed by atoms with Crippen molar-refractivity contribution >= 4 is 0 Å². The van der Waals surface area contributed by atoms with Crippen molar-refractivity contribution < 1.29 is 9.47 Å². The highest BCUT2D eigenvalue weighted by Crippen LogP contribution is 2.18. The first-order chi connectivity index (χ1) is 8.93. The van der Waals surface area contributed by atoms with E-state index in [0.29, 0.717) is 12.9 Å². The van der Waals surface area contributed by atoms with E-state index in [9.17, 15) is 0 Å². The van der Waals surface area contributed by atoms with E-state index in [0.717, 1.165) is 13.0 Å². The van der Waals surface area contributed by atoms with Crippen molar-refractivity contribution in [2.24, 2.45) is 0 Å². The Bertz CT molecular complexity index is 156. The molecule has 0 aromatic rings. The molecule has 0 aromatic heterocycles. The number of ether oxygens (including phenoxy) is 2. The molecule has 1 aliphatic rings. The van der Waals surface area contributed by atoms with Crippen molar-refractivity contribution in [1.29, 1.82) is 0 Å². The maximum absolute atomic E-state index is 5.87. The molecule has 0 aromatic carbocycles. The highest BCUT2D eigenvalue weighted by atomic mass is 16.7. The van der Waals surface area contributed by atoms with Crippen LogP contribution >= 0.6 is 0 Å². The Morgan fingerprint density at radius 1 is 0.778 bits per heavy atom. The van der Waals surface area contributed by atoms with Crippen LogP contribution in [0.25, 0.3) is 0 Å². The predicted octanol–water partition coefficient (Wildman–Crippen LogP) is 5.06. The highest BCUT2D eigenvalue weighted by Gasteiger charge is 2.09. The van der Waals surface area contributed by atoms with Gasteiger partial charge in [-0.2, -0.15) is 0 Å². The second-order valence-corrected chi connectivity index (χ2v) is 5.57. The van der Waals surface area contributed by atoms with Crippen molar-refractivity contribution in [3.63, 3.8) is 0 Å². The molecule has 0 spiro atoms. The second-order valence-electron chi connectivity index (χ2n) is 5.57. The lowest BCUT2D eigenvalue weighted by Gasteiger charge is -2.18. The van der Waals surface area contributed by atoms with Gasteiger partial charge in [-0.05, 0) is 19.3 Å². The van der Waals surface area contributed by atoms with Crippen LogP contribution in [0.5, 0.6) is 0 Å². The largest absolute Gasteiger partial charge is 0.355 e. The van der Waals surface area contributed by atoms with E-state index >= 15 is 0 Å². The zero-order valence-electron chi connectivity index (χ0n) is 12.3. The molecule has 0 aliphatic heterocycles. The average molecular weight is 256 g/mol. The Morgan fingerprint density at radius 2 is 1.28 bits per heavy atom. The van der Waals surface area contributed by atoms with Crippen LogP contribution in [0.1, 0.15) is 84.0 Å². The molecule has 0 unspecified atom stereocenters. The molecule has 1 aliphatic carbocycles. The van der Waals surface area contributed by atoms with E-state index in [1.807, 2.05) is 0 Å². The minimum atomic E-state index is 0.446. The van der Waals surface area contributed by atoms with E-state index in [1.165, 1.54) is 70.6 Å². The molecule has 1 saturated carbocycles. The summed E-state index contributed by atoms with van der Waals surface area (Å²) in [5, 5.41) is 0. The zero-order chi connectivity index (χ0) is 12.9. The molecular weight excluding hydrogens is 224 g/mol. The maximum Gasteiger partial charge on any atom is 0.147 e. The third kappa shape index (κ3) is 8.93. The Labute approximate surface area is 113 Å². The third-order valence-electron chi connectivity index (χ3n) is 3.79. The summed E-state index contributed by atoms with van der Waals surface area (Å²) in [6.45, 7) is 3.46. The molecule has 1 fully saturated rings. The van der Waals surface area contributed by atoms with Gasteiger partial charge in [0.1, 0.15) is 6.79 Å². The van der Waals surface area contributed by atoms with Gasteiger partial charge >= 0.3 is 0 Å². The van der Waals surface area contributed by atoms with Crippen molar-refractivity contribution in [2.45, 2.75) is 90.1 Å². The molecule has 2 heteroatoms. The van der Waals surface area contributed by atoms with E-state index in [1.54, 1.807) is 0 Å². The van der Waals surface area contributed by atoms with Gasteiger partial charge in [0.25, 0.3) is 0 Å². The summed E-state index contributed by atoms with van der Waals surface area (Å²) in [7, 11) is 0. The minimum absolute atomic E-state index is 0.446.